The summed E-state index contributed by atoms with van der Waals surface area (Å²) in [6, 6.07) is 4.22. The minimum Gasteiger partial charge on any atom is -0.340 e. The first-order chi connectivity index (χ1) is 8.60. The van der Waals surface area contributed by atoms with Gasteiger partial charge in [0.15, 0.2) is 0 Å². The minimum atomic E-state index is -0.296. The summed E-state index contributed by atoms with van der Waals surface area (Å²) in [5, 5.41) is 0.503. The molecule has 1 heterocycles. The molecule has 0 saturated heterocycles. The molecule has 0 fully saturated rings. The Hall–Kier alpha value is -1.43. The monoisotopic (exact) mass is 268 g/mol. The molecule has 0 aliphatic rings. The number of hydrazine groups is 1. The number of nitrogens with zero attached hydrogens (tertiary/aromatic N) is 2. The quantitative estimate of drug-likeness (QED) is 0.658. The van der Waals surface area contributed by atoms with Crippen molar-refractivity contribution in [3.05, 3.63) is 52.8 Å². The zero-order chi connectivity index (χ0) is 13.1. The Morgan fingerprint density at radius 2 is 2.33 bits per heavy atom. The second-order valence-electron chi connectivity index (χ2n) is 4.12. The third kappa shape index (κ3) is 2.87. The molecule has 0 aliphatic carbocycles. The highest BCUT2D eigenvalue weighted by Gasteiger charge is 2.15. The van der Waals surface area contributed by atoms with E-state index in [-0.39, 0.29) is 11.9 Å². The summed E-state index contributed by atoms with van der Waals surface area (Å²) in [7, 11) is 1.87. The summed E-state index contributed by atoms with van der Waals surface area (Å²) in [4.78, 5) is 4.20. The first-order valence-electron chi connectivity index (χ1n) is 5.48. The Labute approximate surface area is 110 Å². The van der Waals surface area contributed by atoms with Crippen LogP contribution in [0, 0.1) is 5.82 Å². The van der Waals surface area contributed by atoms with Crippen LogP contribution in [0.4, 0.5) is 4.39 Å². The molecule has 0 radical (unpaired) electrons. The molecule has 4 nitrogen and oxygen atoms in total. The average Bonchev–Trinajstić information content (AvgIpc) is 2.77. The van der Waals surface area contributed by atoms with E-state index in [0.29, 0.717) is 17.0 Å². The molecule has 1 aromatic heterocycles. The number of aryl methyl sites for hydroxylation is 1. The standard InChI is InChI=1S/C12H14ClFN4/c1-18-6-12(16-7-18)11(17-15)5-8-4-9(13)2-3-10(8)14/h2-4,6-7,11,17H,5,15H2,1H3. The van der Waals surface area contributed by atoms with Gasteiger partial charge in [-0.2, -0.15) is 0 Å². The molecule has 18 heavy (non-hydrogen) atoms. The molecule has 1 aromatic carbocycles. The number of halogens is 2. The molecule has 0 bridgehead atoms. The van der Waals surface area contributed by atoms with Crippen molar-refractivity contribution in [3.63, 3.8) is 0 Å². The maximum atomic E-state index is 13.6. The van der Waals surface area contributed by atoms with Gasteiger partial charge in [0.2, 0.25) is 0 Å². The van der Waals surface area contributed by atoms with Gasteiger partial charge in [-0.05, 0) is 30.2 Å². The molecular formula is C12H14ClFN4. The van der Waals surface area contributed by atoms with Crippen LogP contribution in [-0.4, -0.2) is 9.55 Å². The number of hydrogen-bond acceptors (Lipinski definition) is 3. The highest BCUT2D eigenvalue weighted by Crippen LogP contribution is 2.21. The van der Waals surface area contributed by atoms with Gasteiger partial charge >= 0.3 is 0 Å². The van der Waals surface area contributed by atoms with Gasteiger partial charge in [0.25, 0.3) is 0 Å². The summed E-state index contributed by atoms with van der Waals surface area (Å²) in [5.41, 5.74) is 3.91. The van der Waals surface area contributed by atoms with Gasteiger partial charge in [-0.3, -0.25) is 11.3 Å². The van der Waals surface area contributed by atoms with Crippen molar-refractivity contribution >= 4 is 11.6 Å². The average molecular weight is 269 g/mol. The largest absolute Gasteiger partial charge is 0.340 e. The topological polar surface area (TPSA) is 55.9 Å². The highest BCUT2D eigenvalue weighted by atomic mass is 35.5. The fourth-order valence-electron chi connectivity index (χ4n) is 1.78. The van der Waals surface area contributed by atoms with Gasteiger partial charge < -0.3 is 4.57 Å². The van der Waals surface area contributed by atoms with Gasteiger partial charge in [-0.1, -0.05) is 11.6 Å². The molecule has 3 N–H and O–H groups in total. The van der Waals surface area contributed by atoms with Crippen molar-refractivity contribution in [2.75, 3.05) is 0 Å². The van der Waals surface area contributed by atoms with Gasteiger partial charge in [0.1, 0.15) is 5.82 Å². The Morgan fingerprint density at radius 3 is 2.94 bits per heavy atom. The fraction of sp³-hybridized carbons (Fsp3) is 0.250. The molecule has 0 aliphatic heterocycles. The Balaban J connectivity index is 2.22. The molecule has 2 aromatic rings. The van der Waals surface area contributed by atoms with Gasteiger partial charge in [-0.25, -0.2) is 9.37 Å². The predicted molar refractivity (Wildman–Crippen MR) is 68.4 cm³/mol. The predicted octanol–water partition coefficient (Wildman–Crippen LogP) is 1.96. The number of nitrogens with one attached hydrogen (secondary N) is 1. The van der Waals surface area contributed by atoms with Crippen LogP contribution < -0.4 is 11.3 Å². The second-order valence-corrected chi connectivity index (χ2v) is 4.56. The first-order valence-corrected chi connectivity index (χ1v) is 5.86. The lowest BCUT2D eigenvalue weighted by Crippen LogP contribution is -2.30. The smallest absolute Gasteiger partial charge is 0.126 e. The van der Waals surface area contributed by atoms with Crippen LogP contribution in [0.1, 0.15) is 17.3 Å². The van der Waals surface area contributed by atoms with Crippen molar-refractivity contribution in [2.24, 2.45) is 12.9 Å². The van der Waals surface area contributed by atoms with Crippen LogP contribution in [0.3, 0.4) is 0 Å². The molecule has 1 unspecified atom stereocenters. The Kier molecular flexibility index (Phi) is 3.96. The van der Waals surface area contributed by atoms with E-state index in [1.165, 1.54) is 12.1 Å². The number of nitrogens with two attached hydrogens (primary N) is 1. The van der Waals surface area contributed by atoms with E-state index in [1.807, 2.05) is 17.8 Å². The molecule has 0 spiro atoms. The summed E-state index contributed by atoms with van der Waals surface area (Å²) in [6.45, 7) is 0. The van der Waals surface area contributed by atoms with Gasteiger partial charge in [0.05, 0.1) is 18.1 Å². The number of hydrogen-bond donors (Lipinski definition) is 2. The van der Waals surface area contributed by atoms with E-state index in [9.17, 15) is 4.39 Å². The van der Waals surface area contributed by atoms with E-state index < -0.39 is 0 Å². The molecular weight excluding hydrogens is 255 g/mol. The van der Waals surface area contributed by atoms with Gasteiger partial charge in [-0.15, -0.1) is 0 Å². The van der Waals surface area contributed by atoms with Gasteiger partial charge in [0, 0.05) is 18.3 Å². The van der Waals surface area contributed by atoms with E-state index in [1.54, 1.807) is 12.4 Å². The molecule has 96 valence electrons. The minimum absolute atomic E-state index is 0.251. The fourth-order valence-corrected chi connectivity index (χ4v) is 1.98. The second kappa shape index (κ2) is 5.48. The molecule has 0 saturated carbocycles. The van der Waals surface area contributed by atoms with E-state index in [2.05, 4.69) is 10.4 Å². The highest BCUT2D eigenvalue weighted by molar-refractivity contribution is 6.30. The van der Waals surface area contributed by atoms with Crippen LogP contribution in [-0.2, 0) is 13.5 Å². The summed E-state index contributed by atoms with van der Waals surface area (Å²) < 4.78 is 15.4. The van der Waals surface area contributed by atoms with Crippen LogP contribution in [0.5, 0.6) is 0 Å². The Bertz CT molecular complexity index is 541. The number of aromatic nitrogens is 2. The summed E-state index contributed by atoms with van der Waals surface area (Å²) >= 11 is 5.86. The van der Waals surface area contributed by atoms with Crippen LogP contribution in [0.25, 0.3) is 0 Å². The lowest BCUT2D eigenvalue weighted by Gasteiger charge is -2.14. The zero-order valence-electron chi connectivity index (χ0n) is 9.90. The third-order valence-corrected chi connectivity index (χ3v) is 2.95. The molecule has 1 atom stereocenters. The normalized spacial score (nSPS) is 12.7. The SMILES string of the molecule is Cn1cnc(C(Cc2cc(Cl)ccc2F)NN)c1. The molecule has 6 heteroatoms. The van der Waals surface area contributed by atoms with Crippen molar-refractivity contribution in [2.45, 2.75) is 12.5 Å². The summed E-state index contributed by atoms with van der Waals surface area (Å²) in [6.07, 6.45) is 3.90. The maximum absolute atomic E-state index is 13.6. The number of benzene rings is 1. The van der Waals surface area contributed by atoms with E-state index >= 15 is 0 Å². The van der Waals surface area contributed by atoms with Crippen LogP contribution in [0.15, 0.2) is 30.7 Å². The lowest BCUT2D eigenvalue weighted by molar-refractivity contribution is 0.520. The molecule has 2 rings (SSSR count). The third-order valence-electron chi connectivity index (χ3n) is 2.71. The van der Waals surface area contributed by atoms with Crippen molar-refractivity contribution in [3.8, 4) is 0 Å². The first kappa shape index (κ1) is 13.0. The summed E-state index contributed by atoms with van der Waals surface area (Å²) in [5.74, 6) is 5.20. The van der Waals surface area contributed by atoms with Crippen molar-refractivity contribution in [1.82, 2.24) is 15.0 Å². The lowest BCUT2D eigenvalue weighted by atomic mass is 10.0. The number of imidazole rings is 1. The number of rotatable bonds is 4. The van der Waals surface area contributed by atoms with Crippen LogP contribution in [0.2, 0.25) is 5.02 Å². The van der Waals surface area contributed by atoms with Crippen LogP contribution >= 0.6 is 11.6 Å². The van der Waals surface area contributed by atoms with Crippen molar-refractivity contribution in [1.29, 1.82) is 0 Å². The molecule has 0 amide bonds. The maximum Gasteiger partial charge on any atom is 0.126 e. The van der Waals surface area contributed by atoms with E-state index in [4.69, 9.17) is 17.4 Å². The van der Waals surface area contributed by atoms with Crippen molar-refractivity contribution < 1.29 is 4.39 Å². The van der Waals surface area contributed by atoms with E-state index in [0.717, 1.165) is 5.69 Å². The zero-order valence-corrected chi connectivity index (χ0v) is 10.7. The Morgan fingerprint density at radius 1 is 1.56 bits per heavy atom.